The predicted octanol–water partition coefficient (Wildman–Crippen LogP) is 2.91. The molecule has 1 fully saturated rings. The zero-order valence-electron chi connectivity index (χ0n) is 18.2. The Morgan fingerprint density at radius 1 is 1.21 bits per heavy atom. The van der Waals surface area contributed by atoms with Gasteiger partial charge in [-0.2, -0.15) is 4.31 Å². The third-order valence-corrected chi connectivity index (χ3v) is 8.30. The molecule has 182 valence electrons. The summed E-state index contributed by atoms with van der Waals surface area (Å²) in [4.78, 5) is 37.1. The minimum atomic E-state index is -4.37. The number of hydrogen-bond acceptors (Lipinski definition) is 7. The van der Waals surface area contributed by atoms with Crippen molar-refractivity contribution in [3.63, 3.8) is 0 Å². The van der Waals surface area contributed by atoms with Crippen LogP contribution >= 0.6 is 23.2 Å². The molecule has 0 unspecified atom stereocenters. The van der Waals surface area contributed by atoms with Crippen molar-refractivity contribution < 1.29 is 27.7 Å². The number of carbonyl (C=O) groups is 2. The minimum Gasteiger partial charge on any atom is -0.467 e. The van der Waals surface area contributed by atoms with E-state index >= 15 is 0 Å². The van der Waals surface area contributed by atoms with Gasteiger partial charge in [-0.05, 0) is 30.7 Å². The van der Waals surface area contributed by atoms with E-state index in [9.17, 15) is 28.1 Å². The molecule has 1 amide bonds. The number of amides is 1. The Morgan fingerprint density at radius 3 is 2.50 bits per heavy atom. The lowest BCUT2D eigenvalue weighted by atomic mass is 10.0. The number of hydrogen-bond donors (Lipinski definition) is 0. The van der Waals surface area contributed by atoms with Crippen molar-refractivity contribution in [2.75, 3.05) is 20.2 Å². The average Bonchev–Trinajstić information content (AvgIpc) is 2.81. The summed E-state index contributed by atoms with van der Waals surface area (Å²) in [6.07, 6.45) is 0.0684. The third kappa shape index (κ3) is 5.02. The first kappa shape index (κ1) is 25.9. The lowest BCUT2D eigenvalue weighted by Gasteiger charge is -2.41. The molecule has 1 aliphatic heterocycles. The van der Waals surface area contributed by atoms with Crippen molar-refractivity contribution in [3.05, 3.63) is 68.2 Å². The second kappa shape index (κ2) is 10.3. The Kier molecular flexibility index (Phi) is 7.81. The smallest absolute Gasteiger partial charge is 0.328 e. The van der Waals surface area contributed by atoms with E-state index < -0.39 is 49.5 Å². The van der Waals surface area contributed by atoms with Gasteiger partial charge in [0.2, 0.25) is 5.91 Å². The van der Waals surface area contributed by atoms with Crippen molar-refractivity contribution in [3.8, 4) is 0 Å². The molecular formula is C21H21Cl2N3O7S. The van der Waals surface area contributed by atoms with Crippen molar-refractivity contribution in [2.45, 2.75) is 30.3 Å². The van der Waals surface area contributed by atoms with Gasteiger partial charge in [0.25, 0.3) is 15.7 Å². The van der Waals surface area contributed by atoms with Gasteiger partial charge < -0.3 is 9.64 Å². The van der Waals surface area contributed by atoms with Crippen molar-refractivity contribution in [2.24, 2.45) is 0 Å². The van der Waals surface area contributed by atoms with Gasteiger partial charge in [0, 0.05) is 25.6 Å². The fourth-order valence-electron chi connectivity index (χ4n) is 3.81. The normalized spacial score (nSPS) is 17.9. The third-order valence-electron chi connectivity index (χ3n) is 5.54. The molecular weight excluding hydrogens is 509 g/mol. The molecule has 0 radical (unpaired) electrons. The van der Waals surface area contributed by atoms with E-state index in [0.29, 0.717) is 10.6 Å². The number of benzene rings is 2. The number of rotatable bonds is 7. The van der Waals surface area contributed by atoms with Gasteiger partial charge in [-0.25, -0.2) is 13.2 Å². The molecule has 1 heterocycles. The lowest BCUT2D eigenvalue weighted by molar-refractivity contribution is -0.387. The molecule has 2 aromatic rings. The number of sulfonamides is 1. The Morgan fingerprint density at radius 2 is 1.88 bits per heavy atom. The summed E-state index contributed by atoms with van der Waals surface area (Å²) in [5.74, 6) is -1.31. The van der Waals surface area contributed by atoms with Crippen LogP contribution in [0.2, 0.25) is 10.0 Å². The molecule has 10 nitrogen and oxygen atoms in total. The monoisotopic (exact) mass is 529 g/mol. The SMILES string of the molecule is COC(=O)[C@H](Cc1ccc(Cl)c(Cl)c1)N1CCN(S(=O)(=O)c2ccccc2[N+](=O)[O-])[C@@H](C)C1=O. The number of para-hydroxylation sites is 1. The number of piperazine rings is 1. The Balaban J connectivity index is 1.90. The second-order valence-electron chi connectivity index (χ2n) is 7.54. The molecule has 0 saturated carbocycles. The van der Waals surface area contributed by atoms with Crippen LogP contribution in [-0.2, 0) is 30.8 Å². The Hall–Kier alpha value is -2.73. The number of carbonyl (C=O) groups excluding carboxylic acids is 2. The number of esters is 1. The Bertz CT molecular complexity index is 1240. The van der Waals surface area contributed by atoms with Crippen LogP contribution in [0.1, 0.15) is 12.5 Å². The highest BCUT2D eigenvalue weighted by Gasteiger charge is 2.44. The van der Waals surface area contributed by atoms with E-state index in [-0.39, 0.29) is 24.5 Å². The van der Waals surface area contributed by atoms with Crippen molar-refractivity contribution in [1.29, 1.82) is 0 Å². The van der Waals surface area contributed by atoms with Gasteiger partial charge in [0.05, 0.1) is 22.1 Å². The maximum atomic E-state index is 13.2. The topological polar surface area (TPSA) is 127 Å². The van der Waals surface area contributed by atoms with Crippen LogP contribution in [0.4, 0.5) is 5.69 Å². The average molecular weight is 530 g/mol. The minimum absolute atomic E-state index is 0.0684. The van der Waals surface area contributed by atoms with E-state index in [1.807, 2.05) is 0 Å². The Labute approximate surface area is 206 Å². The van der Waals surface area contributed by atoms with Crippen LogP contribution in [0.15, 0.2) is 47.4 Å². The van der Waals surface area contributed by atoms with Crippen LogP contribution < -0.4 is 0 Å². The maximum absolute atomic E-state index is 13.2. The highest BCUT2D eigenvalue weighted by Crippen LogP contribution is 2.30. The maximum Gasteiger partial charge on any atom is 0.328 e. The first-order valence-electron chi connectivity index (χ1n) is 10.1. The summed E-state index contributed by atoms with van der Waals surface area (Å²) in [5.41, 5.74) is 0.0387. The van der Waals surface area contributed by atoms with E-state index in [1.54, 1.807) is 18.2 Å². The first-order chi connectivity index (χ1) is 16.0. The predicted molar refractivity (Wildman–Crippen MR) is 124 cm³/mol. The number of nitrogens with zero attached hydrogens (tertiary/aromatic N) is 3. The number of halogens is 2. The molecule has 0 N–H and O–H groups in total. The fourth-order valence-corrected chi connectivity index (χ4v) is 5.87. The second-order valence-corrected chi connectivity index (χ2v) is 10.2. The van der Waals surface area contributed by atoms with E-state index in [4.69, 9.17) is 27.9 Å². The lowest BCUT2D eigenvalue weighted by Crippen LogP contribution is -2.61. The molecule has 2 atom stereocenters. The summed E-state index contributed by atoms with van der Waals surface area (Å²) in [5, 5.41) is 12.0. The van der Waals surface area contributed by atoms with Crippen LogP contribution in [-0.4, -0.2) is 66.7 Å². The number of nitro groups is 1. The molecule has 3 rings (SSSR count). The van der Waals surface area contributed by atoms with Gasteiger partial charge in [0.15, 0.2) is 4.90 Å². The highest BCUT2D eigenvalue weighted by molar-refractivity contribution is 7.89. The zero-order valence-corrected chi connectivity index (χ0v) is 20.5. The molecule has 1 saturated heterocycles. The standard InChI is InChI=1S/C21H21Cl2N3O7S/c1-13-20(27)24(18(21(28)33-2)12-14-7-8-15(22)16(23)11-14)9-10-25(13)34(31,32)19-6-4-3-5-17(19)26(29)30/h3-8,11,13,18H,9-10,12H2,1-2H3/t13-,18-/m0/s1. The summed E-state index contributed by atoms with van der Waals surface area (Å²) in [7, 11) is -3.18. The molecule has 13 heteroatoms. The summed E-state index contributed by atoms with van der Waals surface area (Å²) in [6.45, 7) is 1.08. The molecule has 0 aliphatic carbocycles. The fraction of sp³-hybridized carbons (Fsp3) is 0.333. The summed E-state index contributed by atoms with van der Waals surface area (Å²) >= 11 is 12.0. The van der Waals surface area contributed by atoms with Gasteiger partial charge in [-0.15, -0.1) is 0 Å². The van der Waals surface area contributed by atoms with Crippen LogP contribution in [0.3, 0.4) is 0 Å². The van der Waals surface area contributed by atoms with Gasteiger partial charge in [0.1, 0.15) is 12.1 Å². The van der Waals surface area contributed by atoms with Crippen molar-refractivity contribution >= 4 is 50.8 Å². The quantitative estimate of drug-likeness (QED) is 0.306. The molecule has 34 heavy (non-hydrogen) atoms. The largest absolute Gasteiger partial charge is 0.467 e. The van der Waals surface area contributed by atoms with Gasteiger partial charge >= 0.3 is 5.97 Å². The zero-order chi connectivity index (χ0) is 25.2. The molecule has 2 aromatic carbocycles. The summed E-state index contributed by atoms with van der Waals surface area (Å²) in [6, 6.07) is 7.48. The highest BCUT2D eigenvalue weighted by atomic mass is 35.5. The van der Waals surface area contributed by atoms with E-state index in [0.717, 1.165) is 16.4 Å². The van der Waals surface area contributed by atoms with Crippen LogP contribution in [0, 0.1) is 10.1 Å². The van der Waals surface area contributed by atoms with Gasteiger partial charge in [-0.3, -0.25) is 14.9 Å². The van der Waals surface area contributed by atoms with Crippen LogP contribution in [0.5, 0.6) is 0 Å². The molecule has 0 aromatic heterocycles. The number of ether oxygens (including phenoxy) is 1. The number of nitro benzene ring substituents is 1. The van der Waals surface area contributed by atoms with E-state index in [2.05, 4.69) is 0 Å². The summed E-state index contributed by atoms with van der Waals surface area (Å²) < 4.78 is 32.2. The van der Waals surface area contributed by atoms with Gasteiger partial charge in [-0.1, -0.05) is 41.4 Å². The first-order valence-corrected chi connectivity index (χ1v) is 12.3. The van der Waals surface area contributed by atoms with Crippen LogP contribution in [0.25, 0.3) is 0 Å². The molecule has 0 spiro atoms. The van der Waals surface area contributed by atoms with E-state index in [1.165, 1.54) is 31.1 Å². The molecule has 0 bridgehead atoms. The number of methoxy groups -OCH3 is 1. The van der Waals surface area contributed by atoms with Crippen molar-refractivity contribution in [1.82, 2.24) is 9.21 Å². The molecule has 1 aliphatic rings.